The van der Waals surface area contributed by atoms with E-state index in [2.05, 4.69) is 4.98 Å². The quantitative estimate of drug-likeness (QED) is 0.751. The van der Waals surface area contributed by atoms with Gasteiger partial charge >= 0.3 is 7.12 Å². The number of nitrogens with zero attached hydrogens (tertiary/aromatic N) is 1. The van der Waals surface area contributed by atoms with Gasteiger partial charge in [-0.15, -0.1) is 0 Å². The van der Waals surface area contributed by atoms with Crippen molar-refractivity contribution in [1.29, 1.82) is 0 Å². The molecule has 3 rings (SSSR count). The summed E-state index contributed by atoms with van der Waals surface area (Å²) in [6.45, 7) is 9.47. The van der Waals surface area contributed by atoms with E-state index in [1.807, 2.05) is 27.7 Å². The van der Waals surface area contributed by atoms with Crippen molar-refractivity contribution in [2.75, 3.05) is 0 Å². The maximum absolute atomic E-state index is 14.2. The summed E-state index contributed by atoms with van der Waals surface area (Å²) in [5, 5.41) is 0. The van der Waals surface area contributed by atoms with Crippen LogP contribution in [0.2, 0.25) is 0 Å². The molecule has 6 heteroatoms. The first-order chi connectivity index (χ1) is 9.19. The number of hydrogen-bond donors (Lipinski definition) is 0. The molecule has 2 heterocycles. The van der Waals surface area contributed by atoms with Gasteiger partial charge in [-0.2, -0.15) is 0 Å². The molecule has 2 aromatic rings. The average molecular weight is 277 g/mol. The van der Waals surface area contributed by atoms with Crippen LogP contribution in [0.5, 0.6) is 0 Å². The molecule has 4 nitrogen and oxygen atoms in total. The fraction of sp³-hybridized carbons (Fsp3) is 0.500. The summed E-state index contributed by atoms with van der Waals surface area (Å²) in [6, 6.07) is 2.96. The fourth-order valence-corrected chi connectivity index (χ4v) is 2.23. The number of aromatic nitrogens is 1. The molecule has 0 radical (unpaired) electrons. The Morgan fingerprint density at radius 2 is 1.70 bits per heavy atom. The van der Waals surface area contributed by atoms with Crippen LogP contribution in [0.15, 0.2) is 16.5 Å². The zero-order valence-corrected chi connectivity index (χ0v) is 12.3. The maximum atomic E-state index is 14.2. The molecular weight excluding hydrogens is 260 g/mol. The van der Waals surface area contributed by atoms with Gasteiger partial charge in [0, 0.05) is 18.5 Å². The largest absolute Gasteiger partial charge is 0.497 e. The number of rotatable bonds is 1. The molecule has 106 valence electrons. The predicted octanol–water partition coefficient (Wildman–Crippen LogP) is 2.57. The van der Waals surface area contributed by atoms with Gasteiger partial charge in [-0.1, -0.05) is 0 Å². The van der Waals surface area contributed by atoms with Crippen molar-refractivity contribution in [2.45, 2.75) is 45.8 Å². The second-order valence-electron chi connectivity index (χ2n) is 6.16. The van der Waals surface area contributed by atoms with Gasteiger partial charge in [0.1, 0.15) is 11.3 Å². The van der Waals surface area contributed by atoms with Gasteiger partial charge < -0.3 is 13.7 Å². The van der Waals surface area contributed by atoms with Gasteiger partial charge in [0.2, 0.25) is 0 Å². The average Bonchev–Trinajstić information content (AvgIpc) is 2.74. The molecule has 0 spiro atoms. The van der Waals surface area contributed by atoms with Crippen molar-refractivity contribution in [2.24, 2.45) is 0 Å². The van der Waals surface area contributed by atoms with E-state index in [4.69, 9.17) is 13.7 Å². The van der Waals surface area contributed by atoms with Crippen molar-refractivity contribution < 1.29 is 18.1 Å². The first-order valence-electron chi connectivity index (χ1n) is 6.62. The Morgan fingerprint density at radius 1 is 1.10 bits per heavy atom. The zero-order valence-electron chi connectivity index (χ0n) is 12.3. The third-order valence-corrected chi connectivity index (χ3v) is 4.12. The summed E-state index contributed by atoms with van der Waals surface area (Å²) in [5.41, 5.74) is 0.385. The SMILES string of the molecule is Cc1nc2cc(B3OC(C)(C)C(C)(C)O3)c(F)cc2o1. The maximum Gasteiger partial charge on any atom is 0.497 e. The Morgan fingerprint density at radius 3 is 2.30 bits per heavy atom. The van der Waals surface area contributed by atoms with Crippen LogP contribution >= 0.6 is 0 Å². The van der Waals surface area contributed by atoms with E-state index >= 15 is 0 Å². The molecule has 1 fully saturated rings. The van der Waals surface area contributed by atoms with E-state index in [1.54, 1.807) is 13.0 Å². The van der Waals surface area contributed by atoms with Crippen molar-refractivity contribution in [3.05, 3.63) is 23.8 Å². The van der Waals surface area contributed by atoms with E-state index < -0.39 is 24.1 Å². The lowest BCUT2D eigenvalue weighted by molar-refractivity contribution is 0.00578. The highest BCUT2D eigenvalue weighted by Gasteiger charge is 2.52. The standard InChI is InChI=1S/C14H17BFNO3/c1-8-17-11-6-9(10(16)7-12(11)18-8)15-19-13(2,3)14(4,5)20-15/h6-7H,1-5H3. The lowest BCUT2D eigenvalue weighted by atomic mass is 9.78. The second-order valence-corrected chi connectivity index (χ2v) is 6.16. The Bertz CT molecular complexity index is 664. The minimum Gasteiger partial charge on any atom is -0.441 e. The smallest absolute Gasteiger partial charge is 0.441 e. The Kier molecular flexibility index (Phi) is 2.75. The number of benzene rings is 1. The lowest BCUT2D eigenvalue weighted by Crippen LogP contribution is -2.41. The molecule has 0 aliphatic carbocycles. The van der Waals surface area contributed by atoms with Crippen LogP contribution in [-0.4, -0.2) is 23.3 Å². The van der Waals surface area contributed by atoms with Gasteiger partial charge in [0.15, 0.2) is 11.5 Å². The minimum atomic E-state index is -0.735. The third kappa shape index (κ3) is 1.94. The summed E-state index contributed by atoms with van der Waals surface area (Å²) < 4.78 is 31.3. The number of aryl methyl sites for hydroxylation is 1. The predicted molar refractivity (Wildman–Crippen MR) is 74.4 cm³/mol. The fourth-order valence-electron chi connectivity index (χ4n) is 2.23. The van der Waals surface area contributed by atoms with Crippen LogP contribution < -0.4 is 5.46 Å². The minimum absolute atomic E-state index is 0.351. The number of fused-ring (bicyclic) bond motifs is 1. The zero-order chi connectivity index (χ0) is 14.7. The Balaban J connectivity index is 2.05. The third-order valence-electron chi connectivity index (χ3n) is 4.12. The molecule has 0 saturated carbocycles. The monoisotopic (exact) mass is 277 g/mol. The van der Waals surface area contributed by atoms with E-state index in [0.29, 0.717) is 22.5 Å². The molecule has 1 aliphatic heterocycles. The van der Waals surface area contributed by atoms with Crippen molar-refractivity contribution in [3.63, 3.8) is 0 Å². The molecule has 0 atom stereocenters. The van der Waals surface area contributed by atoms with E-state index in [0.717, 1.165) is 0 Å². The van der Waals surface area contributed by atoms with Gasteiger partial charge in [-0.05, 0) is 33.8 Å². The highest BCUT2D eigenvalue weighted by Crippen LogP contribution is 2.36. The molecule has 20 heavy (non-hydrogen) atoms. The highest BCUT2D eigenvalue weighted by molar-refractivity contribution is 6.62. The topological polar surface area (TPSA) is 44.5 Å². The molecule has 0 bridgehead atoms. The summed E-state index contributed by atoms with van der Waals surface area (Å²) in [4.78, 5) is 4.21. The van der Waals surface area contributed by atoms with Crippen LogP contribution in [0.25, 0.3) is 11.1 Å². The summed E-state index contributed by atoms with van der Waals surface area (Å²) >= 11 is 0. The molecule has 1 aromatic heterocycles. The first kappa shape index (κ1) is 13.6. The summed E-state index contributed by atoms with van der Waals surface area (Å²) in [5.74, 6) is 0.0950. The Labute approximate surface area is 117 Å². The first-order valence-corrected chi connectivity index (χ1v) is 6.62. The second kappa shape index (κ2) is 4.05. The molecular formula is C14H17BFNO3. The van der Waals surface area contributed by atoms with Gasteiger partial charge in [-0.3, -0.25) is 0 Å². The number of halogens is 1. The van der Waals surface area contributed by atoms with Crippen molar-refractivity contribution in [1.82, 2.24) is 4.98 Å². The highest BCUT2D eigenvalue weighted by atomic mass is 19.1. The lowest BCUT2D eigenvalue weighted by Gasteiger charge is -2.32. The van der Waals surface area contributed by atoms with Crippen LogP contribution in [0.4, 0.5) is 4.39 Å². The van der Waals surface area contributed by atoms with E-state index in [1.165, 1.54) is 6.07 Å². The summed E-state index contributed by atoms with van der Waals surface area (Å²) in [6.07, 6.45) is 0. The molecule has 0 N–H and O–H groups in total. The molecule has 1 saturated heterocycles. The van der Waals surface area contributed by atoms with Crippen molar-refractivity contribution >= 4 is 23.7 Å². The Hall–Kier alpha value is -1.40. The van der Waals surface area contributed by atoms with Gasteiger partial charge in [0.25, 0.3) is 0 Å². The molecule has 1 aromatic carbocycles. The summed E-state index contributed by atoms with van der Waals surface area (Å²) in [7, 11) is -0.735. The number of hydrogen-bond acceptors (Lipinski definition) is 4. The van der Waals surface area contributed by atoms with E-state index in [-0.39, 0.29) is 0 Å². The van der Waals surface area contributed by atoms with Gasteiger partial charge in [-0.25, -0.2) is 9.37 Å². The van der Waals surface area contributed by atoms with Crippen LogP contribution in [0.3, 0.4) is 0 Å². The van der Waals surface area contributed by atoms with Gasteiger partial charge in [0.05, 0.1) is 11.2 Å². The van der Waals surface area contributed by atoms with Crippen LogP contribution in [-0.2, 0) is 9.31 Å². The van der Waals surface area contributed by atoms with Crippen molar-refractivity contribution in [3.8, 4) is 0 Å². The molecule has 1 aliphatic rings. The van der Waals surface area contributed by atoms with Crippen LogP contribution in [0, 0.1) is 12.7 Å². The molecule has 0 amide bonds. The molecule has 0 unspecified atom stereocenters. The van der Waals surface area contributed by atoms with Crippen LogP contribution in [0.1, 0.15) is 33.6 Å². The normalized spacial score (nSPS) is 20.8. The van der Waals surface area contributed by atoms with E-state index in [9.17, 15) is 4.39 Å². The number of oxazole rings is 1.